The molecule has 0 aromatic heterocycles. The van der Waals surface area contributed by atoms with Crippen LogP contribution in [0.3, 0.4) is 0 Å². The number of nitrogens with two attached hydrogens (primary N) is 1. The lowest BCUT2D eigenvalue weighted by molar-refractivity contribution is 0.144. The highest BCUT2D eigenvalue weighted by molar-refractivity contribution is 6.30. The zero-order chi connectivity index (χ0) is 12.0. The largest absolute Gasteiger partial charge is 0.496 e. The van der Waals surface area contributed by atoms with Crippen molar-refractivity contribution in [2.45, 2.75) is 13.3 Å². The molecule has 2 N–H and O–H groups in total. The Morgan fingerprint density at radius 2 is 2.06 bits per heavy atom. The second-order valence-electron chi connectivity index (χ2n) is 3.57. The minimum Gasteiger partial charge on any atom is -0.496 e. The van der Waals surface area contributed by atoms with Crippen LogP contribution in [0.5, 0.6) is 5.75 Å². The van der Waals surface area contributed by atoms with Crippen LogP contribution in [0.2, 0.25) is 5.02 Å². The van der Waals surface area contributed by atoms with Gasteiger partial charge in [0.2, 0.25) is 0 Å². The van der Waals surface area contributed by atoms with Crippen molar-refractivity contribution >= 4 is 11.6 Å². The van der Waals surface area contributed by atoms with Crippen molar-refractivity contribution in [3.63, 3.8) is 0 Å². The summed E-state index contributed by atoms with van der Waals surface area (Å²) in [6.45, 7) is 3.75. The Morgan fingerprint density at radius 3 is 2.69 bits per heavy atom. The standard InChI is InChI=1S/C12H18ClNO2/c1-9-7-11(13)8-10(12(9)15-2)3-5-16-6-4-14/h7-8H,3-6,14H2,1-2H3. The fourth-order valence-electron chi connectivity index (χ4n) is 1.64. The molecule has 1 aromatic carbocycles. The molecule has 0 bridgehead atoms. The van der Waals surface area contributed by atoms with E-state index in [1.165, 1.54) is 0 Å². The van der Waals surface area contributed by atoms with Gasteiger partial charge in [-0.15, -0.1) is 0 Å². The summed E-state index contributed by atoms with van der Waals surface area (Å²) >= 11 is 6.00. The topological polar surface area (TPSA) is 44.5 Å². The molecule has 0 saturated carbocycles. The summed E-state index contributed by atoms with van der Waals surface area (Å²) in [4.78, 5) is 0. The van der Waals surface area contributed by atoms with Crippen LogP contribution in [0.1, 0.15) is 11.1 Å². The van der Waals surface area contributed by atoms with Gasteiger partial charge in [0, 0.05) is 11.6 Å². The third kappa shape index (κ3) is 3.67. The fourth-order valence-corrected chi connectivity index (χ4v) is 1.94. The van der Waals surface area contributed by atoms with Gasteiger partial charge >= 0.3 is 0 Å². The lowest BCUT2D eigenvalue weighted by atomic mass is 10.1. The first kappa shape index (κ1) is 13.3. The Hall–Kier alpha value is -0.770. The van der Waals surface area contributed by atoms with E-state index in [4.69, 9.17) is 26.8 Å². The van der Waals surface area contributed by atoms with Gasteiger partial charge in [-0.05, 0) is 36.6 Å². The van der Waals surface area contributed by atoms with E-state index in [0.29, 0.717) is 19.8 Å². The predicted molar refractivity (Wildman–Crippen MR) is 66.3 cm³/mol. The molecule has 0 heterocycles. The first-order valence-corrected chi connectivity index (χ1v) is 5.67. The highest BCUT2D eigenvalue weighted by Gasteiger charge is 2.07. The van der Waals surface area contributed by atoms with Gasteiger partial charge in [-0.25, -0.2) is 0 Å². The van der Waals surface area contributed by atoms with Gasteiger partial charge < -0.3 is 15.2 Å². The molecule has 3 nitrogen and oxygen atoms in total. The van der Waals surface area contributed by atoms with E-state index < -0.39 is 0 Å². The van der Waals surface area contributed by atoms with Gasteiger partial charge in [-0.3, -0.25) is 0 Å². The average molecular weight is 244 g/mol. The Balaban J connectivity index is 2.69. The number of ether oxygens (including phenoxy) is 2. The van der Waals surface area contributed by atoms with Crippen LogP contribution >= 0.6 is 11.6 Å². The van der Waals surface area contributed by atoms with E-state index >= 15 is 0 Å². The van der Waals surface area contributed by atoms with E-state index in [9.17, 15) is 0 Å². The summed E-state index contributed by atoms with van der Waals surface area (Å²) < 4.78 is 10.7. The van der Waals surface area contributed by atoms with Gasteiger partial charge in [0.25, 0.3) is 0 Å². The highest BCUT2D eigenvalue weighted by Crippen LogP contribution is 2.27. The van der Waals surface area contributed by atoms with E-state index in [1.807, 2.05) is 19.1 Å². The smallest absolute Gasteiger partial charge is 0.125 e. The lowest BCUT2D eigenvalue weighted by Gasteiger charge is -2.12. The Kier molecular flexibility index (Phi) is 5.60. The molecule has 16 heavy (non-hydrogen) atoms. The summed E-state index contributed by atoms with van der Waals surface area (Å²) in [6.07, 6.45) is 0.782. The normalized spacial score (nSPS) is 10.5. The summed E-state index contributed by atoms with van der Waals surface area (Å²) in [5.41, 5.74) is 7.46. The molecule has 0 radical (unpaired) electrons. The van der Waals surface area contributed by atoms with Crippen molar-refractivity contribution in [2.75, 3.05) is 26.9 Å². The number of hydrogen-bond acceptors (Lipinski definition) is 3. The van der Waals surface area contributed by atoms with Gasteiger partial charge in [0.15, 0.2) is 0 Å². The minimum atomic E-state index is 0.547. The predicted octanol–water partition coefficient (Wildman–Crippen LogP) is 2.17. The van der Waals surface area contributed by atoms with Crippen LogP contribution in [0, 0.1) is 6.92 Å². The van der Waals surface area contributed by atoms with E-state index in [1.54, 1.807) is 7.11 Å². The van der Waals surface area contributed by atoms with Gasteiger partial charge in [0.1, 0.15) is 5.75 Å². The molecule has 0 saturated heterocycles. The van der Waals surface area contributed by atoms with E-state index in [0.717, 1.165) is 28.3 Å². The van der Waals surface area contributed by atoms with Crippen LogP contribution in [0.25, 0.3) is 0 Å². The van der Waals surface area contributed by atoms with E-state index in [2.05, 4.69) is 0 Å². The summed E-state index contributed by atoms with van der Waals surface area (Å²) in [5, 5.41) is 0.729. The molecule has 1 rings (SSSR count). The molecule has 4 heteroatoms. The number of methoxy groups -OCH3 is 1. The molecule has 0 aliphatic rings. The third-order valence-corrected chi connectivity index (χ3v) is 2.52. The van der Waals surface area contributed by atoms with Gasteiger partial charge in [0.05, 0.1) is 20.3 Å². The van der Waals surface area contributed by atoms with Crippen LogP contribution in [-0.4, -0.2) is 26.9 Å². The molecule has 90 valence electrons. The molecular weight excluding hydrogens is 226 g/mol. The molecule has 1 aromatic rings. The van der Waals surface area contributed by atoms with Crippen molar-refractivity contribution in [1.82, 2.24) is 0 Å². The summed E-state index contributed by atoms with van der Waals surface area (Å²) in [5.74, 6) is 0.890. The molecule has 0 atom stereocenters. The Bertz CT molecular complexity index is 342. The number of rotatable bonds is 6. The zero-order valence-electron chi connectivity index (χ0n) is 9.75. The summed E-state index contributed by atoms with van der Waals surface area (Å²) in [6, 6.07) is 3.81. The second kappa shape index (κ2) is 6.74. The maximum atomic E-state index is 6.00. The van der Waals surface area contributed by atoms with Crippen molar-refractivity contribution < 1.29 is 9.47 Å². The molecule has 0 amide bonds. The van der Waals surface area contributed by atoms with Crippen LogP contribution in [0.4, 0.5) is 0 Å². The Morgan fingerprint density at radius 1 is 1.31 bits per heavy atom. The molecular formula is C12H18ClNO2. The Labute approximate surface area is 101 Å². The third-order valence-electron chi connectivity index (χ3n) is 2.30. The number of halogens is 1. The molecule has 0 aliphatic heterocycles. The first-order chi connectivity index (χ1) is 7.69. The average Bonchev–Trinajstić information content (AvgIpc) is 2.24. The van der Waals surface area contributed by atoms with Gasteiger partial charge in [-0.1, -0.05) is 11.6 Å². The molecule has 0 spiro atoms. The van der Waals surface area contributed by atoms with Crippen molar-refractivity contribution in [1.29, 1.82) is 0 Å². The number of hydrogen-bond donors (Lipinski definition) is 1. The zero-order valence-corrected chi connectivity index (χ0v) is 10.5. The van der Waals surface area contributed by atoms with E-state index in [-0.39, 0.29) is 0 Å². The fraction of sp³-hybridized carbons (Fsp3) is 0.500. The van der Waals surface area contributed by atoms with Crippen LogP contribution in [0.15, 0.2) is 12.1 Å². The van der Waals surface area contributed by atoms with Crippen molar-refractivity contribution in [2.24, 2.45) is 5.73 Å². The van der Waals surface area contributed by atoms with Crippen LogP contribution in [-0.2, 0) is 11.2 Å². The van der Waals surface area contributed by atoms with Gasteiger partial charge in [-0.2, -0.15) is 0 Å². The van der Waals surface area contributed by atoms with Crippen molar-refractivity contribution in [3.05, 3.63) is 28.3 Å². The lowest BCUT2D eigenvalue weighted by Crippen LogP contribution is -2.10. The first-order valence-electron chi connectivity index (χ1n) is 5.30. The van der Waals surface area contributed by atoms with Crippen LogP contribution < -0.4 is 10.5 Å². The highest BCUT2D eigenvalue weighted by atomic mass is 35.5. The quantitative estimate of drug-likeness (QED) is 0.779. The molecule has 0 unspecified atom stereocenters. The SMILES string of the molecule is COc1c(C)cc(Cl)cc1CCOCCN. The minimum absolute atomic E-state index is 0.547. The maximum Gasteiger partial charge on any atom is 0.125 e. The van der Waals surface area contributed by atoms with Crippen molar-refractivity contribution in [3.8, 4) is 5.75 Å². The summed E-state index contributed by atoms with van der Waals surface area (Å²) in [7, 11) is 1.67. The maximum absolute atomic E-state index is 6.00. The molecule has 0 fully saturated rings. The number of aryl methyl sites for hydroxylation is 1. The monoisotopic (exact) mass is 243 g/mol. The second-order valence-corrected chi connectivity index (χ2v) is 4.00. The molecule has 0 aliphatic carbocycles. The number of benzene rings is 1.